The van der Waals surface area contributed by atoms with Gasteiger partial charge in [-0.25, -0.2) is 9.78 Å². The molecule has 0 saturated carbocycles. The average molecular weight is 224 g/mol. The third kappa shape index (κ3) is 3.86. The van der Waals surface area contributed by atoms with Crippen molar-refractivity contribution in [1.29, 1.82) is 0 Å². The number of rotatable bonds is 6. The molecule has 5 nitrogen and oxygen atoms in total. The molecule has 1 aromatic heterocycles. The van der Waals surface area contributed by atoms with Gasteiger partial charge in [0.05, 0.1) is 6.61 Å². The molecule has 88 valence electrons. The van der Waals surface area contributed by atoms with E-state index >= 15 is 0 Å². The van der Waals surface area contributed by atoms with Gasteiger partial charge >= 0.3 is 5.97 Å². The molecule has 0 fully saturated rings. The first-order valence-corrected chi connectivity index (χ1v) is 5.05. The lowest BCUT2D eigenvalue weighted by Gasteiger charge is -2.12. The van der Waals surface area contributed by atoms with Crippen LogP contribution in [0.4, 0.5) is 5.69 Å². The molecule has 16 heavy (non-hydrogen) atoms. The second-order valence-electron chi connectivity index (χ2n) is 3.68. The zero-order chi connectivity index (χ0) is 12.0. The fourth-order valence-corrected chi connectivity index (χ4v) is 1.29. The molecule has 0 aromatic carbocycles. The van der Waals surface area contributed by atoms with Crippen molar-refractivity contribution in [2.45, 2.75) is 6.92 Å². The lowest BCUT2D eigenvalue weighted by atomic mass is 10.2. The minimum absolute atomic E-state index is 0.0457. The van der Waals surface area contributed by atoms with E-state index in [0.29, 0.717) is 12.5 Å². The Morgan fingerprint density at radius 1 is 1.69 bits per heavy atom. The summed E-state index contributed by atoms with van der Waals surface area (Å²) in [7, 11) is 1.66. The quantitative estimate of drug-likeness (QED) is 0.765. The Morgan fingerprint density at radius 2 is 2.44 bits per heavy atom. The average Bonchev–Trinajstić information content (AvgIpc) is 2.27. The maximum atomic E-state index is 10.7. The van der Waals surface area contributed by atoms with Crippen LogP contribution in [0.25, 0.3) is 0 Å². The first kappa shape index (κ1) is 12.4. The van der Waals surface area contributed by atoms with Gasteiger partial charge in [-0.05, 0) is 18.1 Å². The summed E-state index contributed by atoms with van der Waals surface area (Å²) in [6, 6.07) is 3.26. The largest absolute Gasteiger partial charge is 0.477 e. The second kappa shape index (κ2) is 6.07. The molecule has 1 heterocycles. The van der Waals surface area contributed by atoms with Gasteiger partial charge in [-0.1, -0.05) is 6.92 Å². The molecular weight excluding hydrogens is 208 g/mol. The zero-order valence-electron chi connectivity index (χ0n) is 9.43. The smallest absolute Gasteiger partial charge is 0.354 e. The molecule has 1 atom stereocenters. The van der Waals surface area contributed by atoms with Crippen LogP contribution < -0.4 is 5.32 Å². The van der Waals surface area contributed by atoms with Crippen LogP contribution in [0.5, 0.6) is 0 Å². The fourth-order valence-electron chi connectivity index (χ4n) is 1.29. The van der Waals surface area contributed by atoms with Crippen molar-refractivity contribution in [2.75, 3.05) is 25.6 Å². The van der Waals surface area contributed by atoms with Crippen molar-refractivity contribution in [2.24, 2.45) is 5.92 Å². The summed E-state index contributed by atoms with van der Waals surface area (Å²) >= 11 is 0. The molecule has 0 aliphatic rings. The van der Waals surface area contributed by atoms with Gasteiger partial charge in [0.1, 0.15) is 5.69 Å². The third-order valence-electron chi connectivity index (χ3n) is 2.08. The van der Waals surface area contributed by atoms with E-state index in [4.69, 9.17) is 9.84 Å². The van der Waals surface area contributed by atoms with Crippen molar-refractivity contribution < 1.29 is 14.6 Å². The minimum atomic E-state index is -1.02. The predicted molar refractivity (Wildman–Crippen MR) is 60.7 cm³/mol. The lowest BCUT2D eigenvalue weighted by Crippen LogP contribution is -2.16. The molecule has 0 bridgehead atoms. The number of pyridine rings is 1. The third-order valence-corrected chi connectivity index (χ3v) is 2.08. The van der Waals surface area contributed by atoms with Crippen molar-refractivity contribution in [3.63, 3.8) is 0 Å². The normalized spacial score (nSPS) is 12.1. The maximum Gasteiger partial charge on any atom is 0.354 e. The van der Waals surface area contributed by atoms with Gasteiger partial charge in [0.25, 0.3) is 0 Å². The van der Waals surface area contributed by atoms with Crippen molar-refractivity contribution in [1.82, 2.24) is 4.98 Å². The number of nitrogens with one attached hydrogen (secondary N) is 1. The molecule has 1 aromatic rings. The van der Waals surface area contributed by atoms with Crippen LogP contribution in [0, 0.1) is 5.92 Å². The fraction of sp³-hybridized carbons (Fsp3) is 0.455. The number of carboxylic acid groups (broad SMARTS) is 1. The molecule has 0 radical (unpaired) electrons. The highest BCUT2D eigenvalue weighted by atomic mass is 16.5. The van der Waals surface area contributed by atoms with Gasteiger partial charge in [0, 0.05) is 25.5 Å². The van der Waals surface area contributed by atoms with Crippen LogP contribution in [-0.2, 0) is 4.74 Å². The van der Waals surface area contributed by atoms with Gasteiger partial charge < -0.3 is 15.2 Å². The van der Waals surface area contributed by atoms with Crippen molar-refractivity contribution in [3.8, 4) is 0 Å². The van der Waals surface area contributed by atoms with Crippen LogP contribution in [0.15, 0.2) is 18.3 Å². The highest BCUT2D eigenvalue weighted by Gasteiger charge is 2.05. The summed E-state index contributed by atoms with van der Waals surface area (Å²) in [5, 5.41) is 11.9. The molecule has 5 heteroatoms. The van der Waals surface area contributed by atoms with E-state index in [9.17, 15) is 4.79 Å². The van der Waals surface area contributed by atoms with Crippen LogP contribution in [0.1, 0.15) is 17.4 Å². The number of carbonyl (C=O) groups is 1. The molecule has 0 saturated heterocycles. The van der Waals surface area contributed by atoms with Crippen molar-refractivity contribution >= 4 is 11.7 Å². The molecule has 1 unspecified atom stereocenters. The van der Waals surface area contributed by atoms with E-state index < -0.39 is 5.97 Å². The molecular formula is C11H16N2O3. The summed E-state index contributed by atoms with van der Waals surface area (Å²) in [6.07, 6.45) is 1.48. The Kier molecular flexibility index (Phi) is 4.72. The van der Waals surface area contributed by atoms with Gasteiger partial charge in [-0.15, -0.1) is 0 Å². The summed E-state index contributed by atoms with van der Waals surface area (Å²) in [4.78, 5) is 14.4. The Labute approximate surface area is 94.5 Å². The van der Waals surface area contributed by atoms with E-state index in [1.54, 1.807) is 13.2 Å². The molecule has 0 amide bonds. The summed E-state index contributed by atoms with van der Waals surface area (Å²) in [5.74, 6) is -0.653. The Hall–Kier alpha value is -1.62. The number of aromatic nitrogens is 1. The summed E-state index contributed by atoms with van der Waals surface area (Å²) in [5.41, 5.74) is 0.805. The van der Waals surface area contributed by atoms with Gasteiger partial charge in [-0.2, -0.15) is 0 Å². The van der Waals surface area contributed by atoms with Crippen LogP contribution in [-0.4, -0.2) is 36.3 Å². The standard InChI is InChI=1S/C11H16N2O3/c1-8(7-16-2)6-13-9-3-4-12-10(5-9)11(14)15/h3-5,8H,6-7H2,1-2H3,(H,12,13)(H,14,15). The number of nitrogens with zero attached hydrogens (tertiary/aromatic N) is 1. The van der Waals surface area contributed by atoms with Crippen molar-refractivity contribution in [3.05, 3.63) is 24.0 Å². The Morgan fingerprint density at radius 3 is 3.06 bits per heavy atom. The first-order valence-electron chi connectivity index (χ1n) is 5.05. The van der Waals surface area contributed by atoms with Gasteiger partial charge in [0.15, 0.2) is 0 Å². The summed E-state index contributed by atoms with van der Waals surface area (Å²) in [6.45, 7) is 3.45. The zero-order valence-corrected chi connectivity index (χ0v) is 9.43. The lowest BCUT2D eigenvalue weighted by molar-refractivity contribution is 0.0690. The van der Waals surface area contributed by atoms with E-state index in [1.165, 1.54) is 12.3 Å². The summed E-state index contributed by atoms with van der Waals surface area (Å²) < 4.78 is 5.01. The topological polar surface area (TPSA) is 71.5 Å². The highest BCUT2D eigenvalue weighted by Crippen LogP contribution is 2.09. The molecule has 1 rings (SSSR count). The monoisotopic (exact) mass is 224 g/mol. The Bertz CT molecular complexity index is 355. The van der Waals surface area contributed by atoms with E-state index in [-0.39, 0.29) is 5.69 Å². The van der Waals surface area contributed by atoms with Gasteiger partial charge in [0.2, 0.25) is 0 Å². The van der Waals surface area contributed by atoms with Gasteiger partial charge in [-0.3, -0.25) is 0 Å². The molecule has 2 N–H and O–H groups in total. The SMILES string of the molecule is COCC(C)CNc1ccnc(C(=O)O)c1. The molecule has 0 aliphatic carbocycles. The molecule has 0 aliphatic heterocycles. The number of anilines is 1. The van der Waals surface area contributed by atoms with Crippen LogP contribution in [0.3, 0.4) is 0 Å². The maximum absolute atomic E-state index is 10.7. The number of hydrogen-bond acceptors (Lipinski definition) is 4. The van der Waals surface area contributed by atoms with Crippen LogP contribution >= 0.6 is 0 Å². The second-order valence-corrected chi connectivity index (χ2v) is 3.68. The van der Waals surface area contributed by atoms with E-state index in [2.05, 4.69) is 17.2 Å². The number of hydrogen-bond donors (Lipinski definition) is 2. The predicted octanol–water partition coefficient (Wildman–Crippen LogP) is 1.47. The molecule has 0 spiro atoms. The number of methoxy groups -OCH3 is 1. The van der Waals surface area contributed by atoms with E-state index in [0.717, 1.165) is 12.2 Å². The Balaban J connectivity index is 2.54. The highest BCUT2D eigenvalue weighted by molar-refractivity contribution is 5.86. The van der Waals surface area contributed by atoms with Crippen LogP contribution in [0.2, 0.25) is 0 Å². The number of aromatic carboxylic acids is 1. The van der Waals surface area contributed by atoms with E-state index in [1.807, 2.05) is 0 Å². The first-order chi connectivity index (χ1) is 7.63. The minimum Gasteiger partial charge on any atom is -0.477 e. The number of ether oxygens (including phenoxy) is 1. The number of carboxylic acids is 1.